The third-order valence-corrected chi connectivity index (χ3v) is 6.13. The van der Waals surface area contributed by atoms with Crippen LogP contribution >= 0.6 is 0 Å². The molecule has 0 aliphatic rings. The van der Waals surface area contributed by atoms with Crippen molar-refractivity contribution in [2.24, 2.45) is 0 Å². The highest BCUT2D eigenvalue weighted by Gasteiger charge is 2.23. The monoisotopic (exact) mass is 464 g/mol. The lowest BCUT2D eigenvalue weighted by molar-refractivity contribution is 0.525. The molecule has 0 aliphatic heterocycles. The summed E-state index contributed by atoms with van der Waals surface area (Å²) in [5, 5.41) is 14.5. The van der Waals surface area contributed by atoms with Gasteiger partial charge in [-0.25, -0.2) is 4.79 Å². The van der Waals surface area contributed by atoms with Crippen LogP contribution in [0.25, 0.3) is 22.5 Å². The number of rotatable bonds is 6. The van der Waals surface area contributed by atoms with Crippen molar-refractivity contribution in [1.29, 1.82) is 0 Å². The van der Waals surface area contributed by atoms with Crippen LogP contribution < -0.4 is 5.69 Å². The average Bonchev–Trinajstić information content (AvgIpc) is 3.50. The van der Waals surface area contributed by atoms with Gasteiger partial charge in [-0.1, -0.05) is 99.6 Å². The second kappa shape index (κ2) is 9.18. The van der Waals surface area contributed by atoms with Gasteiger partial charge in [0.25, 0.3) is 0 Å². The summed E-state index contributed by atoms with van der Waals surface area (Å²) in [6.07, 6.45) is 2.00. The summed E-state index contributed by atoms with van der Waals surface area (Å²) in [5.74, 6) is 0.561. The number of benzene rings is 3. The predicted molar refractivity (Wildman–Crippen MR) is 137 cm³/mol. The molecule has 35 heavy (non-hydrogen) atoms. The fourth-order valence-corrected chi connectivity index (χ4v) is 4.35. The molecule has 0 unspecified atom stereocenters. The number of aromatic amines is 1. The molecular weight excluding hydrogens is 436 g/mol. The maximum atomic E-state index is 13.4. The van der Waals surface area contributed by atoms with E-state index < -0.39 is 0 Å². The number of nitrogens with zero attached hydrogens (tertiary/aromatic N) is 5. The van der Waals surface area contributed by atoms with E-state index in [1.807, 2.05) is 69.9 Å². The highest BCUT2D eigenvalue weighted by molar-refractivity contribution is 5.80. The second-order valence-electron chi connectivity index (χ2n) is 9.72. The molecular formula is C28H28N6O. The minimum atomic E-state index is -0.162. The van der Waals surface area contributed by atoms with E-state index in [0.29, 0.717) is 18.9 Å². The van der Waals surface area contributed by atoms with Gasteiger partial charge in [0.05, 0.1) is 13.1 Å². The normalized spacial score (nSPS) is 11.6. The van der Waals surface area contributed by atoms with Gasteiger partial charge in [-0.3, -0.25) is 9.13 Å². The summed E-state index contributed by atoms with van der Waals surface area (Å²) in [5.41, 5.74) is 6.03. The lowest BCUT2D eigenvalue weighted by Gasteiger charge is -2.20. The predicted octanol–water partition coefficient (Wildman–Crippen LogP) is 4.89. The first kappa shape index (κ1) is 22.5. The zero-order valence-electron chi connectivity index (χ0n) is 20.1. The number of tetrazole rings is 1. The fourth-order valence-electron chi connectivity index (χ4n) is 4.35. The molecule has 5 aromatic rings. The van der Waals surface area contributed by atoms with Gasteiger partial charge in [0.15, 0.2) is 0 Å². The molecule has 5 rings (SSSR count). The Morgan fingerprint density at radius 1 is 0.800 bits per heavy atom. The number of aromatic nitrogens is 6. The Labute approximate surface area is 204 Å². The molecule has 0 spiro atoms. The van der Waals surface area contributed by atoms with E-state index in [2.05, 4.69) is 65.7 Å². The van der Waals surface area contributed by atoms with Crippen LogP contribution in [0.15, 0.2) is 89.9 Å². The van der Waals surface area contributed by atoms with Gasteiger partial charge in [-0.2, -0.15) is 5.21 Å². The lowest BCUT2D eigenvalue weighted by Crippen LogP contribution is -2.28. The Hall–Kier alpha value is -4.26. The molecule has 0 fully saturated rings. The van der Waals surface area contributed by atoms with Crippen LogP contribution in [0.3, 0.4) is 0 Å². The molecule has 7 nitrogen and oxygen atoms in total. The van der Waals surface area contributed by atoms with Gasteiger partial charge in [-0.05, 0) is 27.5 Å². The molecule has 0 radical (unpaired) electrons. The highest BCUT2D eigenvalue weighted by Crippen LogP contribution is 2.30. The smallest absolute Gasteiger partial charge is 0.294 e. The molecule has 176 valence electrons. The zero-order valence-corrected chi connectivity index (χ0v) is 20.1. The van der Waals surface area contributed by atoms with Crippen LogP contribution in [-0.4, -0.2) is 29.8 Å². The number of hydrogen-bond acceptors (Lipinski definition) is 4. The standard InChI is InChI=1S/C28H28N6O/c1-28(2,3)25-19-33(17-20-9-5-4-6-10-20)27(35)34(25)18-21-13-15-22(16-14-21)23-11-7-8-12-24(23)26-29-31-32-30-26/h4-16,19H,17-18H2,1-3H3,(H,29,30,31,32). The van der Waals surface area contributed by atoms with Crippen molar-refractivity contribution in [2.45, 2.75) is 39.3 Å². The summed E-state index contributed by atoms with van der Waals surface area (Å²) in [4.78, 5) is 13.4. The van der Waals surface area contributed by atoms with Crippen molar-refractivity contribution in [1.82, 2.24) is 29.8 Å². The van der Waals surface area contributed by atoms with Crippen molar-refractivity contribution in [2.75, 3.05) is 0 Å². The zero-order chi connectivity index (χ0) is 24.4. The maximum absolute atomic E-state index is 13.4. The Bertz CT molecular complexity index is 1470. The van der Waals surface area contributed by atoms with E-state index in [1.165, 1.54) is 0 Å². The SMILES string of the molecule is CC(C)(C)c1cn(Cc2ccccc2)c(=O)n1Cc1ccc(-c2ccccc2-c2nn[nH]n2)cc1. The fraction of sp³-hybridized carbons (Fsp3) is 0.214. The summed E-state index contributed by atoms with van der Waals surface area (Å²) in [7, 11) is 0. The van der Waals surface area contributed by atoms with Crippen molar-refractivity contribution < 1.29 is 0 Å². The van der Waals surface area contributed by atoms with Crippen LogP contribution in [0, 0.1) is 0 Å². The molecule has 0 aliphatic carbocycles. The van der Waals surface area contributed by atoms with Crippen LogP contribution in [0.4, 0.5) is 0 Å². The van der Waals surface area contributed by atoms with Crippen LogP contribution in [-0.2, 0) is 18.5 Å². The number of nitrogens with one attached hydrogen (secondary N) is 1. The van der Waals surface area contributed by atoms with Gasteiger partial charge >= 0.3 is 5.69 Å². The number of H-pyrrole nitrogens is 1. The highest BCUT2D eigenvalue weighted by atomic mass is 16.1. The number of imidazole rings is 1. The first-order chi connectivity index (χ1) is 16.9. The van der Waals surface area contributed by atoms with E-state index in [9.17, 15) is 4.79 Å². The lowest BCUT2D eigenvalue weighted by atomic mass is 9.92. The van der Waals surface area contributed by atoms with E-state index in [-0.39, 0.29) is 11.1 Å². The molecule has 1 N–H and O–H groups in total. The molecule has 0 amide bonds. The minimum Gasteiger partial charge on any atom is -0.294 e. The van der Waals surface area contributed by atoms with Crippen molar-refractivity contribution in [3.63, 3.8) is 0 Å². The molecule has 3 aromatic carbocycles. The second-order valence-corrected chi connectivity index (χ2v) is 9.72. The topological polar surface area (TPSA) is 81.4 Å². The Balaban J connectivity index is 1.46. The summed E-state index contributed by atoms with van der Waals surface area (Å²) < 4.78 is 3.71. The number of hydrogen-bond donors (Lipinski definition) is 1. The largest absolute Gasteiger partial charge is 0.328 e. The summed E-state index contributed by atoms with van der Waals surface area (Å²) in [6, 6.07) is 26.4. The van der Waals surface area contributed by atoms with Gasteiger partial charge < -0.3 is 0 Å². The van der Waals surface area contributed by atoms with Crippen molar-refractivity contribution >= 4 is 0 Å². The van der Waals surface area contributed by atoms with Crippen molar-refractivity contribution in [3.8, 4) is 22.5 Å². The third kappa shape index (κ3) is 4.71. The van der Waals surface area contributed by atoms with Gasteiger partial charge in [-0.15, -0.1) is 10.2 Å². The average molecular weight is 465 g/mol. The first-order valence-corrected chi connectivity index (χ1v) is 11.7. The van der Waals surface area contributed by atoms with Crippen LogP contribution in [0.2, 0.25) is 0 Å². The van der Waals surface area contributed by atoms with Gasteiger partial charge in [0.2, 0.25) is 5.82 Å². The summed E-state index contributed by atoms with van der Waals surface area (Å²) >= 11 is 0. The van der Waals surface area contributed by atoms with Gasteiger partial charge in [0.1, 0.15) is 0 Å². The quantitative estimate of drug-likeness (QED) is 0.388. The van der Waals surface area contributed by atoms with Gasteiger partial charge in [0, 0.05) is 22.9 Å². The first-order valence-electron chi connectivity index (χ1n) is 11.7. The van der Waals surface area contributed by atoms with Crippen LogP contribution in [0.5, 0.6) is 0 Å². The molecule has 2 aromatic heterocycles. The molecule has 0 saturated heterocycles. The van der Waals surface area contributed by atoms with E-state index in [0.717, 1.165) is 33.5 Å². The maximum Gasteiger partial charge on any atom is 0.328 e. The molecule has 0 saturated carbocycles. The molecule has 7 heteroatoms. The van der Waals surface area contributed by atoms with Crippen molar-refractivity contribution in [3.05, 3.63) is 112 Å². The molecule has 2 heterocycles. The van der Waals surface area contributed by atoms with E-state index >= 15 is 0 Å². The Morgan fingerprint density at radius 3 is 2.11 bits per heavy atom. The van der Waals surface area contributed by atoms with E-state index in [1.54, 1.807) is 0 Å². The van der Waals surface area contributed by atoms with Crippen LogP contribution in [0.1, 0.15) is 37.6 Å². The Morgan fingerprint density at radius 2 is 1.46 bits per heavy atom. The molecule has 0 atom stereocenters. The van der Waals surface area contributed by atoms with E-state index in [4.69, 9.17) is 0 Å². The molecule has 0 bridgehead atoms. The minimum absolute atomic E-state index is 0.00491. The Kier molecular flexibility index (Phi) is 5.91. The third-order valence-electron chi connectivity index (χ3n) is 6.13. The summed E-state index contributed by atoms with van der Waals surface area (Å²) in [6.45, 7) is 7.50.